The van der Waals surface area contributed by atoms with E-state index in [4.69, 9.17) is 9.47 Å². The monoisotopic (exact) mass is 381 g/mol. The van der Waals surface area contributed by atoms with Gasteiger partial charge in [0.05, 0.1) is 24.5 Å². The molecule has 2 rings (SSSR count). The Labute approximate surface area is 155 Å². The lowest BCUT2D eigenvalue weighted by Crippen LogP contribution is -2.53. The number of benzene rings is 1. The summed E-state index contributed by atoms with van der Waals surface area (Å²) < 4.78 is 37.5. The molecule has 1 amide bonds. The summed E-state index contributed by atoms with van der Waals surface area (Å²) in [6.45, 7) is 7.29. The minimum absolute atomic E-state index is 0.0697. The summed E-state index contributed by atoms with van der Waals surface area (Å²) in [6, 6.07) is 8.85. The van der Waals surface area contributed by atoms with Crippen LogP contribution in [-0.4, -0.2) is 42.3 Å². The highest BCUT2D eigenvalue weighted by Gasteiger charge is 2.42. The van der Waals surface area contributed by atoms with Gasteiger partial charge < -0.3 is 9.47 Å². The van der Waals surface area contributed by atoms with E-state index in [-0.39, 0.29) is 6.61 Å². The fourth-order valence-electron chi connectivity index (χ4n) is 2.65. The Morgan fingerprint density at radius 1 is 1.15 bits per heavy atom. The highest BCUT2D eigenvalue weighted by atomic mass is 32.2. The van der Waals surface area contributed by atoms with Crippen LogP contribution in [0.25, 0.3) is 0 Å². The van der Waals surface area contributed by atoms with Crippen LogP contribution in [0.1, 0.15) is 39.7 Å². The van der Waals surface area contributed by atoms with Crippen LogP contribution in [0.3, 0.4) is 0 Å². The summed E-state index contributed by atoms with van der Waals surface area (Å²) in [6.07, 6.45) is 2.86. The molecule has 0 saturated carbocycles. The second-order valence-electron chi connectivity index (χ2n) is 7.22. The molecular formula is C19H27NO5S. The molecule has 0 fully saturated rings. The van der Waals surface area contributed by atoms with Crippen LogP contribution >= 0.6 is 0 Å². The number of amides is 1. The topological polar surface area (TPSA) is 72.9 Å². The quantitative estimate of drug-likeness (QED) is 0.730. The van der Waals surface area contributed by atoms with Crippen molar-refractivity contribution in [1.82, 2.24) is 4.31 Å². The smallest absolute Gasteiger partial charge is 0.424 e. The Hall–Kier alpha value is -1.86. The first-order valence-electron chi connectivity index (χ1n) is 8.71. The van der Waals surface area contributed by atoms with E-state index in [1.807, 2.05) is 30.3 Å². The van der Waals surface area contributed by atoms with Gasteiger partial charge in [0.25, 0.3) is 0 Å². The van der Waals surface area contributed by atoms with Crippen LogP contribution in [0.4, 0.5) is 4.79 Å². The lowest BCUT2D eigenvalue weighted by atomic mass is 10.2. The first-order valence-corrected chi connectivity index (χ1v) is 10.2. The molecule has 0 spiro atoms. The minimum Gasteiger partial charge on any atom is -0.443 e. The van der Waals surface area contributed by atoms with Crippen LogP contribution in [-0.2, 0) is 26.1 Å². The number of hydrogen-bond donors (Lipinski definition) is 0. The maximum atomic E-state index is 12.8. The molecule has 144 valence electrons. The molecule has 2 atom stereocenters. The molecular weight excluding hydrogens is 354 g/mol. The van der Waals surface area contributed by atoms with E-state index in [2.05, 4.69) is 0 Å². The number of carbonyl (C=O) groups is 1. The molecule has 6 nitrogen and oxygen atoms in total. The van der Waals surface area contributed by atoms with E-state index in [0.717, 1.165) is 9.87 Å². The molecule has 0 radical (unpaired) electrons. The Kier molecular flexibility index (Phi) is 6.47. The second-order valence-corrected chi connectivity index (χ2v) is 9.25. The zero-order valence-corrected chi connectivity index (χ0v) is 16.5. The van der Waals surface area contributed by atoms with Crippen LogP contribution in [0.5, 0.6) is 0 Å². The predicted octanol–water partition coefficient (Wildman–Crippen LogP) is 3.49. The van der Waals surface area contributed by atoms with Crippen molar-refractivity contribution in [3.05, 3.63) is 48.0 Å². The lowest BCUT2D eigenvalue weighted by Gasteiger charge is -2.35. The maximum absolute atomic E-state index is 12.8. The average Bonchev–Trinajstić information content (AvgIpc) is 2.53. The summed E-state index contributed by atoms with van der Waals surface area (Å²) in [5.41, 5.74) is 0.190. The maximum Gasteiger partial charge on any atom is 0.424 e. The van der Waals surface area contributed by atoms with Crippen LogP contribution in [0.15, 0.2) is 42.5 Å². The lowest BCUT2D eigenvalue weighted by molar-refractivity contribution is 0.0256. The molecule has 0 saturated heterocycles. The third kappa shape index (κ3) is 5.08. The number of rotatable bonds is 5. The first-order chi connectivity index (χ1) is 12.1. The van der Waals surface area contributed by atoms with Gasteiger partial charge in [0.1, 0.15) is 5.60 Å². The Morgan fingerprint density at radius 3 is 2.38 bits per heavy atom. The van der Waals surface area contributed by atoms with Gasteiger partial charge in [0.2, 0.25) is 10.0 Å². The van der Waals surface area contributed by atoms with E-state index < -0.39 is 33.0 Å². The van der Waals surface area contributed by atoms with E-state index in [9.17, 15) is 13.2 Å². The van der Waals surface area contributed by atoms with Gasteiger partial charge in [-0.3, -0.25) is 0 Å². The molecule has 1 aliphatic rings. The molecule has 1 aliphatic heterocycles. The van der Waals surface area contributed by atoms with E-state index in [1.165, 1.54) is 0 Å². The van der Waals surface area contributed by atoms with Crippen LogP contribution in [0, 0.1) is 0 Å². The third-order valence-electron chi connectivity index (χ3n) is 3.88. The Morgan fingerprint density at radius 2 is 1.81 bits per heavy atom. The summed E-state index contributed by atoms with van der Waals surface area (Å²) in [5.74, 6) is 0. The Balaban J connectivity index is 2.16. The van der Waals surface area contributed by atoms with E-state index in [0.29, 0.717) is 13.0 Å². The molecule has 1 aromatic carbocycles. The van der Waals surface area contributed by atoms with Gasteiger partial charge in [-0.15, -0.1) is 0 Å². The largest absolute Gasteiger partial charge is 0.443 e. The SMILES string of the molecule is CC[C@@H]1C=C[C@H](COCc2ccccc2)N(C(=O)OC(C)(C)C)S1(=O)=O. The van der Waals surface area contributed by atoms with E-state index in [1.54, 1.807) is 39.8 Å². The average molecular weight is 381 g/mol. The third-order valence-corrected chi connectivity index (χ3v) is 6.11. The fraction of sp³-hybridized carbons (Fsp3) is 0.526. The summed E-state index contributed by atoms with van der Waals surface area (Å²) in [4.78, 5) is 12.6. The molecule has 0 aliphatic carbocycles. The van der Waals surface area contributed by atoms with Gasteiger partial charge in [-0.05, 0) is 32.8 Å². The van der Waals surface area contributed by atoms with Crippen LogP contribution < -0.4 is 0 Å². The van der Waals surface area contributed by atoms with Crippen molar-refractivity contribution in [3.63, 3.8) is 0 Å². The fourth-order valence-corrected chi connectivity index (χ4v) is 4.41. The summed E-state index contributed by atoms with van der Waals surface area (Å²) in [7, 11) is -3.84. The molecule has 0 N–H and O–H groups in total. The highest BCUT2D eigenvalue weighted by Crippen LogP contribution is 2.26. The van der Waals surface area contributed by atoms with Gasteiger partial charge in [-0.25, -0.2) is 13.2 Å². The van der Waals surface area contributed by atoms with Crippen LogP contribution in [0.2, 0.25) is 0 Å². The number of sulfonamides is 1. The predicted molar refractivity (Wildman–Crippen MR) is 100 cm³/mol. The van der Waals surface area contributed by atoms with Crippen molar-refractivity contribution in [2.75, 3.05) is 6.61 Å². The van der Waals surface area contributed by atoms with Gasteiger partial charge in [0.15, 0.2) is 0 Å². The van der Waals surface area contributed by atoms with Gasteiger partial charge in [-0.2, -0.15) is 4.31 Å². The van der Waals surface area contributed by atoms with Crippen molar-refractivity contribution in [2.45, 2.75) is 57.6 Å². The van der Waals surface area contributed by atoms with Gasteiger partial charge in [-0.1, -0.05) is 49.4 Å². The van der Waals surface area contributed by atoms with Gasteiger partial charge in [0, 0.05) is 0 Å². The van der Waals surface area contributed by atoms with Crippen molar-refractivity contribution >= 4 is 16.1 Å². The van der Waals surface area contributed by atoms with Crippen molar-refractivity contribution < 1.29 is 22.7 Å². The van der Waals surface area contributed by atoms with E-state index >= 15 is 0 Å². The highest BCUT2D eigenvalue weighted by molar-refractivity contribution is 7.90. The molecule has 1 aromatic rings. The number of ether oxygens (including phenoxy) is 2. The van der Waals surface area contributed by atoms with Crippen molar-refractivity contribution in [1.29, 1.82) is 0 Å². The van der Waals surface area contributed by atoms with Crippen molar-refractivity contribution in [2.24, 2.45) is 0 Å². The molecule has 0 aromatic heterocycles. The normalized spacial score (nSPS) is 22.2. The number of carbonyl (C=O) groups excluding carboxylic acids is 1. The molecule has 7 heteroatoms. The Bertz CT molecular complexity index is 737. The summed E-state index contributed by atoms with van der Waals surface area (Å²) in [5, 5.41) is -0.736. The zero-order valence-electron chi connectivity index (χ0n) is 15.7. The minimum atomic E-state index is -3.84. The molecule has 26 heavy (non-hydrogen) atoms. The standard InChI is InChI=1S/C19H27NO5S/c1-5-17-12-11-16(14-24-13-15-9-7-6-8-10-15)20(26(17,22)23)18(21)25-19(2,3)4/h6-12,16-17H,5,13-14H2,1-4H3/t16-,17-/m1/s1. The molecule has 1 heterocycles. The first kappa shape index (κ1) is 20.5. The number of hydrogen-bond acceptors (Lipinski definition) is 5. The molecule has 0 bridgehead atoms. The van der Waals surface area contributed by atoms with Crippen molar-refractivity contribution in [3.8, 4) is 0 Å². The zero-order chi connectivity index (χ0) is 19.4. The number of nitrogens with zero attached hydrogens (tertiary/aromatic N) is 1. The second kappa shape index (κ2) is 8.22. The molecule has 0 unspecified atom stereocenters. The van der Waals surface area contributed by atoms with Gasteiger partial charge >= 0.3 is 6.09 Å². The summed E-state index contributed by atoms with van der Waals surface area (Å²) >= 11 is 0.